The molecule has 0 saturated carbocycles. The number of hydrogen-bond donors (Lipinski definition) is 1. The van der Waals surface area contributed by atoms with Crippen molar-refractivity contribution in [1.82, 2.24) is 0 Å². The lowest BCUT2D eigenvalue weighted by atomic mass is 10.3. The van der Waals surface area contributed by atoms with E-state index in [-0.39, 0.29) is 18.0 Å². The standard InChI is InChI=1S/C14H9BrCl2N2O4/c15-10-6-9(19(21)22)2-4-12(10)18-14(20)7-23-13-5-8(16)1-3-11(13)17/h1-6H,7H2,(H,18,20). The number of nitrogens with one attached hydrogen (secondary N) is 1. The molecule has 0 aliphatic rings. The molecule has 0 aliphatic heterocycles. The number of nitro benzene ring substituents is 1. The van der Waals surface area contributed by atoms with Crippen molar-refractivity contribution in [3.63, 3.8) is 0 Å². The van der Waals surface area contributed by atoms with Crippen molar-refractivity contribution < 1.29 is 14.5 Å². The predicted molar refractivity (Wildman–Crippen MR) is 91.4 cm³/mol. The molecule has 9 heteroatoms. The van der Waals surface area contributed by atoms with Crippen molar-refractivity contribution in [2.45, 2.75) is 0 Å². The number of hydrogen-bond acceptors (Lipinski definition) is 4. The zero-order valence-electron chi connectivity index (χ0n) is 11.4. The van der Waals surface area contributed by atoms with Gasteiger partial charge in [0.2, 0.25) is 0 Å². The minimum Gasteiger partial charge on any atom is -0.482 e. The molecule has 0 aromatic heterocycles. The number of non-ortho nitro benzene ring substituents is 1. The first-order chi connectivity index (χ1) is 10.9. The monoisotopic (exact) mass is 418 g/mol. The SMILES string of the molecule is O=C(COc1cc(Cl)ccc1Cl)Nc1ccc([N+](=O)[O-])cc1Br. The lowest BCUT2D eigenvalue weighted by Crippen LogP contribution is -2.20. The van der Waals surface area contributed by atoms with E-state index in [1.165, 1.54) is 24.3 Å². The fourth-order valence-corrected chi connectivity index (χ4v) is 2.44. The molecule has 0 atom stereocenters. The van der Waals surface area contributed by atoms with Gasteiger partial charge in [-0.1, -0.05) is 23.2 Å². The molecular weight excluding hydrogens is 411 g/mol. The molecule has 1 amide bonds. The van der Waals surface area contributed by atoms with Crippen LogP contribution in [0.25, 0.3) is 0 Å². The number of ether oxygens (including phenoxy) is 1. The van der Waals surface area contributed by atoms with Gasteiger partial charge >= 0.3 is 0 Å². The Morgan fingerprint density at radius 3 is 2.65 bits per heavy atom. The van der Waals surface area contributed by atoms with Crippen LogP contribution >= 0.6 is 39.1 Å². The highest BCUT2D eigenvalue weighted by molar-refractivity contribution is 9.10. The maximum absolute atomic E-state index is 11.9. The minimum atomic E-state index is -0.527. The smallest absolute Gasteiger partial charge is 0.270 e. The number of anilines is 1. The zero-order valence-corrected chi connectivity index (χ0v) is 14.5. The van der Waals surface area contributed by atoms with Gasteiger partial charge in [0.05, 0.1) is 15.6 Å². The fraction of sp³-hybridized carbons (Fsp3) is 0.0714. The van der Waals surface area contributed by atoms with Crippen molar-refractivity contribution in [2.75, 3.05) is 11.9 Å². The molecule has 0 saturated heterocycles. The maximum atomic E-state index is 11.9. The Morgan fingerprint density at radius 2 is 2.00 bits per heavy atom. The molecule has 23 heavy (non-hydrogen) atoms. The summed E-state index contributed by atoms with van der Waals surface area (Å²) in [6, 6.07) is 8.67. The van der Waals surface area contributed by atoms with Gasteiger partial charge in [0.25, 0.3) is 11.6 Å². The third-order valence-corrected chi connectivity index (χ3v) is 3.89. The van der Waals surface area contributed by atoms with Crippen LogP contribution in [0.4, 0.5) is 11.4 Å². The van der Waals surface area contributed by atoms with Crippen LogP contribution < -0.4 is 10.1 Å². The van der Waals surface area contributed by atoms with Gasteiger partial charge < -0.3 is 10.1 Å². The van der Waals surface area contributed by atoms with Crippen molar-refractivity contribution in [1.29, 1.82) is 0 Å². The summed E-state index contributed by atoms with van der Waals surface area (Å²) in [4.78, 5) is 22.0. The van der Waals surface area contributed by atoms with E-state index in [1.54, 1.807) is 12.1 Å². The van der Waals surface area contributed by atoms with Gasteiger partial charge in [0.15, 0.2) is 6.61 Å². The second kappa shape index (κ2) is 7.63. The number of amides is 1. The van der Waals surface area contributed by atoms with Crippen LogP contribution in [-0.2, 0) is 4.79 Å². The van der Waals surface area contributed by atoms with E-state index < -0.39 is 10.8 Å². The van der Waals surface area contributed by atoms with Crippen LogP contribution in [0, 0.1) is 10.1 Å². The Labute approximate surface area is 149 Å². The number of nitro groups is 1. The van der Waals surface area contributed by atoms with Crippen LogP contribution in [0.2, 0.25) is 10.0 Å². The first-order valence-corrected chi connectivity index (χ1v) is 7.73. The molecule has 0 radical (unpaired) electrons. The van der Waals surface area contributed by atoms with E-state index in [9.17, 15) is 14.9 Å². The minimum absolute atomic E-state index is 0.0863. The molecule has 120 valence electrons. The third kappa shape index (κ3) is 4.82. The van der Waals surface area contributed by atoms with E-state index in [2.05, 4.69) is 21.2 Å². The number of carbonyl (C=O) groups is 1. The zero-order chi connectivity index (χ0) is 17.0. The number of halogens is 3. The van der Waals surface area contributed by atoms with Crippen LogP contribution in [0.3, 0.4) is 0 Å². The second-order valence-corrected chi connectivity index (χ2v) is 6.03. The number of carbonyl (C=O) groups excluding carboxylic acids is 1. The van der Waals surface area contributed by atoms with Gasteiger partial charge in [-0.2, -0.15) is 0 Å². The van der Waals surface area contributed by atoms with Crippen LogP contribution in [-0.4, -0.2) is 17.4 Å². The highest BCUT2D eigenvalue weighted by Gasteiger charge is 2.12. The van der Waals surface area contributed by atoms with E-state index >= 15 is 0 Å². The van der Waals surface area contributed by atoms with Gasteiger partial charge in [-0.3, -0.25) is 14.9 Å². The van der Waals surface area contributed by atoms with E-state index in [0.29, 0.717) is 20.2 Å². The molecule has 6 nitrogen and oxygen atoms in total. The fourth-order valence-electron chi connectivity index (χ4n) is 1.64. The van der Waals surface area contributed by atoms with Crippen molar-refractivity contribution in [3.05, 3.63) is 61.0 Å². The van der Waals surface area contributed by atoms with E-state index in [1.807, 2.05) is 0 Å². The first-order valence-electron chi connectivity index (χ1n) is 6.18. The first kappa shape index (κ1) is 17.5. The molecule has 2 aromatic rings. The summed E-state index contributed by atoms with van der Waals surface area (Å²) in [7, 11) is 0. The summed E-state index contributed by atoms with van der Waals surface area (Å²) in [5.74, 6) is -0.160. The van der Waals surface area contributed by atoms with Gasteiger partial charge in [-0.05, 0) is 34.1 Å². The summed E-state index contributed by atoms with van der Waals surface area (Å²) < 4.78 is 5.69. The van der Waals surface area contributed by atoms with Crippen molar-refractivity contribution in [2.24, 2.45) is 0 Å². The molecule has 2 aromatic carbocycles. The van der Waals surface area contributed by atoms with Gasteiger partial charge in [0.1, 0.15) is 5.75 Å². The molecule has 0 fully saturated rings. The third-order valence-electron chi connectivity index (χ3n) is 2.69. The average molecular weight is 420 g/mol. The Bertz CT molecular complexity index is 770. The summed E-state index contributed by atoms with van der Waals surface area (Å²) in [6.45, 7) is -0.288. The van der Waals surface area contributed by atoms with Crippen molar-refractivity contribution >= 4 is 56.4 Å². The molecule has 0 unspecified atom stereocenters. The Morgan fingerprint density at radius 1 is 1.26 bits per heavy atom. The molecule has 0 aliphatic carbocycles. The predicted octanol–water partition coefficient (Wildman–Crippen LogP) is 4.68. The Kier molecular flexibility index (Phi) is 5.81. The summed E-state index contributed by atoms with van der Waals surface area (Å²) >= 11 is 14.9. The molecule has 0 bridgehead atoms. The summed E-state index contributed by atoms with van der Waals surface area (Å²) in [5, 5.41) is 14.0. The average Bonchev–Trinajstić information content (AvgIpc) is 2.50. The van der Waals surface area contributed by atoms with Crippen LogP contribution in [0.15, 0.2) is 40.9 Å². The molecular formula is C14H9BrCl2N2O4. The topological polar surface area (TPSA) is 81.5 Å². The van der Waals surface area contributed by atoms with E-state index in [4.69, 9.17) is 27.9 Å². The Hall–Kier alpha value is -1.83. The van der Waals surface area contributed by atoms with Gasteiger partial charge in [0, 0.05) is 27.7 Å². The lowest BCUT2D eigenvalue weighted by molar-refractivity contribution is -0.384. The number of rotatable bonds is 5. The summed E-state index contributed by atoms with van der Waals surface area (Å²) in [6.07, 6.45) is 0. The molecule has 0 spiro atoms. The molecule has 2 rings (SSSR count). The lowest BCUT2D eigenvalue weighted by Gasteiger charge is -2.10. The largest absolute Gasteiger partial charge is 0.482 e. The summed E-state index contributed by atoms with van der Waals surface area (Å²) in [5.41, 5.74) is 0.304. The maximum Gasteiger partial charge on any atom is 0.270 e. The normalized spacial score (nSPS) is 10.2. The van der Waals surface area contributed by atoms with Gasteiger partial charge in [-0.25, -0.2) is 0 Å². The quantitative estimate of drug-likeness (QED) is 0.563. The second-order valence-electron chi connectivity index (χ2n) is 4.33. The van der Waals surface area contributed by atoms with Crippen LogP contribution in [0.5, 0.6) is 5.75 Å². The highest BCUT2D eigenvalue weighted by Crippen LogP contribution is 2.29. The molecule has 0 heterocycles. The highest BCUT2D eigenvalue weighted by atomic mass is 79.9. The van der Waals surface area contributed by atoms with Crippen LogP contribution in [0.1, 0.15) is 0 Å². The Balaban J connectivity index is 2.00. The van der Waals surface area contributed by atoms with Crippen molar-refractivity contribution in [3.8, 4) is 5.75 Å². The number of benzene rings is 2. The number of nitrogens with zero attached hydrogens (tertiary/aromatic N) is 1. The molecule has 1 N–H and O–H groups in total. The van der Waals surface area contributed by atoms with E-state index in [0.717, 1.165) is 0 Å². The van der Waals surface area contributed by atoms with Gasteiger partial charge in [-0.15, -0.1) is 0 Å².